The number of hydrogen-bond donors (Lipinski definition) is 1. The average Bonchev–Trinajstić information content (AvgIpc) is 2.71. The molecule has 0 aromatic heterocycles. The van der Waals surface area contributed by atoms with Gasteiger partial charge in [-0.3, -0.25) is 0 Å². The molecule has 0 amide bonds. The molecule has 2 aliphatic rings. The van der Waals surface area contributed by atoms with Crippen LogP contribution in [0.2, 0.25) is 5.02 Å². The topological polar surface area (TPSA) is 38.5 Å². The molecule has 0 bridgehead atoms. The predicted octanol–water partition coefficient (Wildman–Crippen LogP) is 2.12. The van der Waals surface area contributed by atoms with Crippen LogP contribution >= 0.6 is 11.6 Å². The largest absolute Gasteiger partial charge is 0.378 e. The SMILES string of the molecule is N[C@H]1CCc2cc(N3CCOCC3)c(Cl)cc21. The second kappa shape index (κ2) is 4.48. The molecule has 3 rings (SSSR count). The first-order chi connectivity index (χ1) is 8.25. The Morgan fingerprint density at radius 2 is 2.06 bits per heavy atom. The van der Waals surface area contributed by atoms with Crippen LogP contribution in [0.5, 0.6) is 0 Å². The maximum Gasteiger partial charge on any atom is 0.0643 e. The van der Waals surface area contributed by atoms with Crippen molar-refractivity contribution in [2.75, 3.05) is 31.2 Å². The van der Waals surface area contributed by atoms with Crippen molar-refractivity contribution in [1.29, 1.82) is 0 Å². The van der Waals surface area contributed by atoms with Crippen LogP contribution < -0.4 is 10.6 Å². The Labute approximate surface area is 106 Å². The second-order valence-electron chi connectivity index (χ2n) is 4.75. The minimum Gasteiger partial charge on any atom is -0.378 e. The van der Waals surface area contributed by atoms with Gasteiger partial charge in [-0.2, -0.15) is 0 Å². The summed E-state index contributed by atoms with van der Waals surface area (Å²) >= 11 is 6.37. The first-order valence-electron chi connectivity index (χ1n) is 6.16. The summed E-state index contributed by atoms with van der Waals surface area (Å²) in [6.45, 7) is 3.41. The summed E-state index contributed by atoms with van der Waals surface area (Å²) in [5.74, 6) is 0. The molecule has 1 aromatic rings. The highest BCUT2D eigenvalue weighted by molar-refractivity contribution is 6.33. The maximum atomic E-state index is 6.37. The van der Waals surface area contributed by atoms with Gasteiger partial charge in [-0.1, -0.05) is 11.6 Å². The predicted molar refractivity (Wildman–Crippen MR) is 69.7 cm³/mol. The molecule has 1 atom stereocenters. The van der Waals surface area contributed by atoms with E-state index in [-0.39, 0.29) is 6.04 Å². The maximum absolute atomic E-state index is 6.37. The first kappa shape index (κ1) is 11.3. The van der Waals surface area contributed by atoms with Crippen molar-refractivity contribution in [2.24, 2.45) is 5.73 Å². The zero-order valence-electron chi connectivity index (χ0n) is 9.79. The number of nitrogens with zero attached hydrogens (tertiary/aromatic N) is 1. The fraction of sp³-hybridized carbons (Fsp3) is 0.538. The number of ether oxygens (including phenoxy) is 1. The summed E-state index contributed by atoms with van der Waals surface area (Å²) in [5, 5.41) is 0.822. The van der Waals surface area contributed by atoms with Crippen LogP contribution in [-0.4, -0.2) is 26.3 Å². The second-order valence-corrected chi connectivity index (χ2v) is 5.15. The summed E-state index contributed by atoms with van der Waals surface area (Å²) < 4.78 is 5.37. The van der Waals surface area contributed by atoms with Crippen molar-refractivity contribution >= 4 is 17.3 Å². The van der Waals surface area contributed by atoms with Crippen LogP contribution in [0, 0.1) is 0 Å². The highest BCUT2D eigenvalue weighted by Crippen LogP contribution is 2.37. The van der Waals surface area contributed by atoms with Gasteiger partial charge < -0.3 is 15.4 Å². The van der Waals surface area contributed by atoms with E-state index in [2.05, 4.69) is 17.0 Å². The van der Waals surface area contributed by atoms with Crippen molar-refractivity contribution in [3.63, 3.8) is 0 Å². The van der Waals surface area contributed by atoms with Crippen LogP contribution in [-0.2, 0) is 11.2 Å². The van der Waals surface area contributed by atoms with E-state index in [1.807, 2.05) is 0 Å². The van der Waals surface area contributed by atoms with E-state index in [0.717, 1.165) is 49.9 Å². The van der Waals surface area contributed by atoms with E-state index < -0.39 is 0 Å². The smallest absolute Gasteiger partial charge is 0.0643 e. The number of rotatable bonds is 1. The molecule has 0 saturated carbocycles. The molecule has 1 aliphatic heterocycles. The van der Waals surface area contributed by atoms with Gasteiger partial charge in [0, 0.05) is 19.1 Å². The van der Waals surface area contributed by atoms with Crippen molar-refractivity contribution in [3.05, 3.63) is 28.3 Å². The number of morpholine rings is 1. The van der Waals surface area contributed by atoms with Crippen molar-refractivity contribution in [1.82, 2.24) is 0 Å². The molecule has 4 heteroatoms. The van der Waals surface area contributed by atoms with Crippen molar-refractivity contribution in [2.45, 2.75) is 18.9 Å². The lowest BCUT2D eigenvalue weighted by molar-refractivity contribution is 0.122. The molecule has 0 unspecified atom stereocenters. The zero-order valence-corrected chi connectivity index (χ0v) is 10.5. The molecule has 1 heterocycles. The number of fused-ring (bicyclic) bond motifs is 1. The Morgan fingerprint density at radius 1 is 1.29 bits per heavy atom. The molecule has 1 aliphatic carbocycles. The summed E-state index contributed by atoms with van der Waals surface area (Å²) in [6, 6.07) is 4.44. The molecule has 1 aromatic carbocycles. The lowest BCUT2D eigenvalue weighted by Gasteiger charge is -2.30. The van der Waals surface area contributed by atoms with E-state index in [4.69, 9.17) is 22.1 Å². The Balaban J connectivity index is 1.95. The minimum absolute atomic E-state index is 0.168. The molecule has 0 spiro atoms. The number of halogens is 1. The Bertz CT molecular complexity index is 430. The molecular formula is C13H17ClN2O. The van der Waals surface area contributed by atoms with Crippen LogP contribution in [0.25, 0.3) is 0 Å². The highest BCUT2D eigenvalue weighted by Gasteiger charge is 2.23. The molecule has 17 heavy (non-hydrogen) atoms. The van der Waals surface area contributed by atoms with Gasteiger partial charge in [-0.05, 0) is 36.1 Å². The van der Waals surface area contributed by atoms with Gasteiger partial charge >= 0.3 is 0 Å². The number of benzene rings is 1. The Kier molecular flexibility index (Phi) is 2.99. The third kappa shape index (κ3) is 2.03. The van der Waals surface area contributed by atoms with E-state index in [0.29, 0.717) is 0 Å². The molecular weight excluding hydrogens is 236 g/mol. The van der Waals surface area contributed by atoms with Crippen molar-refractivity contribution < 1.29 is 4.74 Å². The molecule has 2 N–H and O–H groups in total. The van der Waals surface area contributed by atoms with Gasteiger partial charge in [0.25, 0.3) is 0 Å². The van der Waals surface area contributed by atoms with Gasteiger partial charge in [0.05, 0.1) is 23.9 Å². The van der Waals surface area contributed by atoms with Crippen molar-refractivity contribution in [3.8, 4) is 0 Å². The van der Waals surface area contributed by atoms with Gasteiger partial charge in [-0.25, -0.2) is 0 Å². The fourth-order valence-electron chi connectivity index (χ4n) is 2.70. The molecule has 3 nitrogen and oxygen atoms in total. The number of aryl methyl sites for hydroxylation is 1. The van der Waals surface area contributed by atoms with Gasteiger partial charge in [0.1, 0.15) is 0 Å². The quantitative estimate of drug-likeness (QED) is 0.832. The minimum atomic E-state index is 0.168. The van der Waals surface area contributed by atoms with Crippen LogP contribution in [0.4, 0.5) is 5.69 Å². The lowest BCUT2D eigenvalue weighted by atomic mass is 10.1. The van der Waals surface area contributed by atoms with Gasteiger partial charge in [0.2, 0.25) is 0 Å². The molecule has 1 saturated heterocycles. The molecule has 0 radical (unpaired) electrons. The average molecular weight is 253 g/mol. The fourth-order valence-corrected chi connectivity index (χ4v) is 2.99. The highest BCUT2D eigenvalue weighted by atomic mass is 35.5. The Hall–Kier alpha value is -0.770. The van der Waals surface area contributed by atoms with Crippen LogP contribution in [0.1, 0.15) is 23.6 Å². The number of nitrogens with two attached hydrogens (primary N) is 1. The summed E-state index contributed by atoms with van der Waals surface area (Å²) in [5.41, 5.74) is 9.79. The number of anilines is 1. The molecule has 92 valence electrons. The number of hydrogen-bond acceptors (Lipinski definition) is 3. The third-order valence-corrected chi connectivity index (χ3v) is 3.99. The van der Waals surface area contributed by atoms with E-state index in [1.165, 1.54) is 11.1 Å². The summed E-state index contributed by atoms with van der Waals surface area (Å²) in [6.07, 6.45) is 2.11. The van der Waals surface area contributed by atoms with E-state index in [9.17, 15) is 0 Å². The molecule has 1 fully saturated rings. The lowest BCUT2D eigenvalue weighted by Crippen LogP contribution is -2.36. The van der Waals surface area contributed by atoms with Gasteiger partial charge in [0.15, 0.2) is 0 Å². The third-order valence-electron chi connectivity index (χ3n) is 3.68. The van der Waals surface area contributed by atoms with E-state index >= 15 is 0 Å². The van der Waals surface area contributed by atoms with Crippen LogP contribution in [0.15, 0.2) is 12.1 Å². The summed E-state index contributed by atoms with van der Waals surface area (Å²) in [4.78, 5) is 2.30. The monoisotopic (exact) mass is 252 g/mol. The van der Waals surface area contributed by atoms with E-state index in [1.54, 1.807) is 0 Å². The Morgan fingerprint density at radius 3 is 2.82 bits per heavy atom. The summed E-state index contributed by atoms with van der Waals surface area (Å²) in [7, 11) is 0. The standard InChI is InChI=1S/C13H17ClN2O/c14-11-8-10-9(1-2-12(10)15)7-13(11)16-3-5-17-6-4-16/h7-8,12H,1-6,15H2/t12-/m0/s1. The zero-order chi connectivity index (χ0) is 11.8. The normalized spacial score (nSPS) is 23.9. The van der Waals surface area contributed by atoms with Crippen LogP contribution in [0.3, 0.4) is 0 Å². The van der Waals surface area contributed by atoms with Gasteiger partial charge in [-0.15, -0.1) is 0 Å². The first-order valence-corrected chi connectivity index (χ1v) is 6.54.